The zero-order valence-electron chi connectivity index (χ0n) is 11.1. The lowest BCUT2D eigenvalue weighted by atomic mass is 10.2. The molecule has 0 aliphatic carbocycles. The van der Waals surface area contributed by atoms with E-state index in [0.29, 0.717) is 0 Å². The molecular weight excluding hydrogens is 301 g/mol. The summed E-state index contributed by atoms with van der Waals surface area (Å²) >= 11 is 0. The molecule has 0 aliphatic rings. The predicted molar refractivity (Wildman–Crippen MR) is 71.1 cm³/mol. The van der Waals surface area contributed by atoms with Crippen molar-refractivity contribution in [1.82, 2.24) is 4.98 Å². The summed E-state index contributed by atoms with van der Waals surface area (Å²) in [6.07, 6.45) is -3.89. The molecule has 116 valence electrons. The Morgan fingerprint density at radius 1 is 1.23 bits per heavy atom. The predicted octanol–water partition coefficient (Wildman–Crippen LogP) is 2.71. The Bertz CT molecular complexity index is 660. The Morgan fingerprint density at radius 3 is 2.55 bits per heavy atom. The molecule has 8 heteroatoms. The molecule has 0 fully saturated rings. The van der Waals surface area contributed by atoms with Crippen molar-refractivity contribution in [2.24, 2.45) is 0 Å². The third-order valence-corrected chi connectivity index (χ3v) is 2.54. The topological polar surface area (TPSA) is 74.4 Å². The Kier molecular flexibility index (Phi) is 4.50. The number of hydrogen-bond donors (Lipinski definition) is 1. The van der Waals surface area contributed by atoms with Crippen LogP contribution in [-0.4, -0.2) is 17.1 Å². The number of benzene rings is 1. The van der Waals surface area contributed by atoms with Crippen molar-refractivity contribution < 1.29 is 27.4 Å². The number of ether oxygens (including phenoxy) is 2. The first-order chi connectivity index (χ1) is 10.4. The van der Waals surface area contributed by atoms with Crippen molar-refractivity contribution in [3.05, 3.63) is 48.2 Å². The van der Waals surface area contributed by atoms with Crippen LogP contribution in [-0.2, 0) is 11.4 Å². The number of esters is 1. The van der Waals surface area contributed by atoms with Crippen molar-refractivity contribution in [3.63, 3.8) is 0 Å². The minimum absolute atomic E-state index is 0.128. The number of nitrogens with zero attached hydrogens (tertiary/aromatic N) is 1. The van der Waals surface area contributed by atoms with Gasteiger partial charge in [-0.15, -0.1) is 0 Å². The molecule has 2 N–H and O–H groups in total. The average Bonchev–Trinajstić information content (AvgIpc) is 2.48. The molecule has 1 heterocycles. The van der Waals surface area contributed by atoms with E-state index in [-0.39, 0.29) is 18.2 Å². The van der Waals surface area contributed by atoms with E-state index in [1.54, 1.807) is 0 Å². The third kappa shape index (κ3) is 4.11. The fourth-order valence-corrected chi connectivity index (χ4v) is 1.50. The Balaban J connectivity index is 2.08. The summed E-state index contributed by atoms with van der Waals surface area (Å²) in [6, 6.07) is 10.2. The van der Waals surface area contributed by atoms with E-state index in [2.05, 4.69) is 9.72 Å². The average molecular weight is 312 g/mol. The van der Waals surface area contributed by atoms with Crippen LogP contribution in [0, 0.1) is 0 Å². The highest BCUT2D eigenvalue weighted by atomic mass is 19.4. The monoisotopic (exact) mass is 312 g/mol. The summed E-state index contributed by atoms with van der Waals surface area (Å²) in [5.74, 6) is -3.10. The van der Waals surface area contributed by atoms with Gasteiger partial charge in [-0.2, -0.15) is 13.2 Å². The lowest BCUT2D eigenvalue weighted by Crippen LogP contribution is -2.28. The van der Waals surface area contributed by atoms with Gasteiger partial charge in [-0.05, 0) is 5.56 Å². The lowest BCUT2D eigenvalue weighted by Gasteiger charge is -2.11. The van der Waals surface area contributed by atoms with Gasteiger partial charge in [-0.25, -0.2) is 9.78 Å². The maximum Gasteiger partial charge on any atom is 0.491 e. The minimum Gasteiger partial charge on any atom is -0.487 e. The van der Waals surface area contributed by atoms with Crippen LogP contribution in [0.1, 0.15) is 5.56 Å². The van der Waals surface area contributed by atoms with Crippen molar-refractivity contribution in [2.75, 3.05) is 5.73 Å². The number of halogens is 3. The number of nitrogen functional groups attached to an aromatic ring is 1. The molecule has 0 spiro atoms. The number of aromatic nitrogens is 1. The second-order valence-electron chi connectivity index (χ2n) is 4.22. The van der Waals surface area contributed by atoms with Crippen LogP contribution in [0.25, 0.3) is 0 Å². The van der Waals surface area contributed by atoms with E-state index in [1.165, 1.54) is 6.20 Å². The van der Waals surface area contributed by atoms with E-state index in [9.17, 15) is 18.0 Å². The van der Waals surface area contributed by atoms with Crippen molar-refractivity contribution in [3.8, 4) is 11.5 Å². The smallest absolute Gasteiger partial charge is 0.487 e. The van der Waals surface area contributed by atoms with Crippen molar-refractivity contribution >= 4 is 11.8 Å². The SMILES string of the molecule is Nc1ncc(OCc2ccccc2)cc1OC(=O)C(F)(F)F. The normalized spacial score (nSPS) is 11.0. The van der Waals surface area contributed by atoms with E-state index < -0.39 is 17.9 Å². The fourth-order valence-electron chi connectivity index (χ4n) is 1.50. The quantitative estimate of drug-likeness (QED) is 0.879. The number of pyridine rings is 1. The van der Waals surface area contributed by atoms with E-state index in [0.717, 1.165) is 11.6 Å². The third-order valence-electron chi connectivity index (χ3n) is 2.54. The first kappa shape index (κ1) is 15.6. The summed E-state index contributed by atoms with van der Waals surface area (Å²) in [4.78, 5) is 14.4. The van der Waals surface area contributed by atoms with Crippen LogP contribution < -0.4 is 15.2 Å². The molecule has 0 unspecified atom stereocenters. The van der Waals surface area contributed by atoms with E-state index >= 15 is 0 Å². The number of anilines is 1. The highest BCUT2D eigenvalue weighted by molar-refractivity contribution is 5.79. The highest BCUT2D eigenvalue weighted by Crippen LogP contribution is 2.27. The molecule has 0 saturated carbocycles. The molecule has 0 aliphatic heterocycles. The lowest BCUT2D eigenvalue weighted by molar-refractivity contribution is -0.189. The molecule has 5 nitrogen and oxygen atoms in total. The van der Waals surface area contributed by atoms with Crippen LogP contribution in [0.3, 0.4) is 0 Å². The molecule has 1 aromatic carbocycles. The number of carbonyl (C=O) groups excluding carboxylic acids is 1. The summed E-state index contributed by atoms with van der Waals surface area (Å²) < 4.78 is 46.0. The number of carbonyl (C=O) groups is 1. The number of hydrogen-bond acceptors (Lipinski definition) is 5. The van der Waals surface area contributed by atoms with Crippen LogP contribution in [0.15, 0.2) is 42.6 Å². The highest BCUT2D eigenvalue weighted by Gasteiger charge is 2.41. The van der Waals surface area contributed by atoms with Crippen molar-refractivity contribution in [1.29, 1.82) is 0 Å². The second-order valence-corrected chi connectivity index (χ2v) is 4.22. The van der Waals surface area contributed by atoms with Gasteiger partial charge in [0.1, 0.15) is 12.4 Å². The molecule has 2 aromatic rings. The maximum atomic E-state index is 12.2. The van der Waals surface area contributed by atoms with Gasteiger partial charge in [0, 0.05) is 6.07 Å². The van der Waals surface area contributed by atoms with Gasteiger partial charge in [-0.3, -0.25) is 0 Å². The number of rotatable bonds is 4. The van der Waals surface area contributed by atoms with Gasteiger partial charge in [0.05, 0.1) is 6.20 Å². The molecule has 1 aromatic heterocycles. The molecule has 22 heavy (non-hydrogen) atoms. The number of alkyl halides is 3. The summed E-state index contributed by atoms with van der Waals surface area (Å²) in [5.41, 5.74) is 6.23. The molecule has 2 rings (SSSR count). The van der Waals surface area contributed by atoms with E-state index in [4.69, 9.17) is 10.5 Å². The van der Waals surface area contributed by atoms with Gasteiger partial charge in [0.25, 0.3) is 0 Å². The van der Waals surface area contributed by atoms with Gasteiger partial charge >= 0.3 is 12.1 Å². The summed E-state index contributed by atoms with van der Waals surface area (Å²) in [7, 11) is 0. The summed E-state index contributed by atoms with van der Waals surface area (Å²) in [5, 5.41) is 0. The molecular formula is C14H11F3N2O3. The molecule has 0 radical (unpaired) electrons. The Hall–Kier alpha value is -2.77. The van der Waals surface area contributed by atoms with Crippen LogP contribution >= 0.6 is 0 Å². The Morgan fingerprint density at radius 2 is 1.91 bits per heavy atom. The van der Waals surface area contributed by atoms with Crippen LogP contribution in [0.4, 0.5) is 19.0 Å². The van der Waals surface area contributed by atoms with Gasteiger partial charge in [0.2, 0.25) is 0 Å². The van der Waals surface area contributed by atoms with Gasteiger partial charge in [0.15, 0.2) is 11.6 Å². The first-order valence-electron chi connectivity index (χ1n) is 6.07. The van der Waals surface area contributed by atoms with Crippen LogP contribution in [0.2, 0.25) is 0 Å². The molecule has 0 atom stereocenters. The molecule has 0 amide bonds. The van der Waals surface area contributed by atoms with Crippen molar-refractivity contribution in [2.45, 2.75) is 12.8 Å². The Labute approximate surface area is 123 Å². The zero-order valence-corrected chi connectivity index (χ0v) is 11.1. The standard InChI is InChI=1S/C14H11F3N2O3/c15-14(16,17)13(20)22-11-6-10(7-19-12(11)18)21-8-9-4-2-1-3-5-9/h1-7H,8H2,(H2,18,19). The molecule has 0 bridgehead atoms. The maximum absolute atomic E-state index is 12.2. The second kappa shape index (κ2) is 6.33. The largest absolute Gasteiger partial charge is 0.491 e. The summed E-state index contributed by atoms with van der Waals surface area (Å²) in [6.45, 7) is 0.180. The van der Waals surface area contributed by atoms with Gasteiger partial charge < -0.3 is 15.2 Å². The minimum atomic E-state index is -5.12. The van der Waals surface area contributed by atoms with Crippen LogP contribution in [0.5, 0.6) is 11.5 Å². The number of nitrogens with two attached hydrogens (primary N) is 1. The van der Waals surface area contributed by atoms with Gasteiger partial charge in [-0.1, -0.05) is 30.3 Å². The van der Waals surface area contributed by atoms with E-state index in [1.807, 2.05) is 30.3 Å². The molecule has 0 saturated heterocycles. The zero-order chi connectivity index (χ0) is 16.2. The fraction of sp³-hybridized carbons (Fsp3) is 0.143. The first-order valence-corrected chi connectivity index (χ1v) is 6.07.